The molecule has 0 atom stereocenters. The van der Waals surface area contributed by atoms with Crippen LogP contribution in [0.25, 0.3) is 0 Å². The summed E-state index contributed by atoms with van der Waals surface area (Å²) in [5, 5.41) is 0. The average Bonchev–Trinajstić information content (AvgIpc) is 1.61. The molecular weight excluding hydrogens is 166 g/mol. The van der Waals surface area contributed by atoms with Gasteiger partial charge in [-0.05, 0) is 0 Å². The zero-order chi connectivity index (χ0) is 7.91. The second-order valence-electron chi connectivity index (χ2n) is 1.30. The quantitative estimate of drug-likeness (QED) is 0.230. The fourth-order valence-electron chi connectivity index (χ4n) is 0. The molecule has 4 nitrogen and oxygen atoms in total. The summed E-state index contributed by atoms with van der Waals surface area (Å²) in [5.74, 6) is 0. The van der Waals surface area contributed by atoms with Crippen molar-refractivity contribution in [1.82, 2.24) is 0 Å². The molecule has 0 aromatic rings. The van der Waals surface area contributed by atoms with E-state index in [9.17, 15) is 0 Å². The van der Waals surface area contributed by atoms with Crippen LogP contribution in [0, 0.1) is 6.92 Å². The SMILES string of the molecule is O=P([O-])([O-])[O-].[CH2-]CCC.[Na+]. The van der Waals surface area contributed by atoms with Gasteiger partial charge < -0.3 is 26.2 Å². The van der Waals surface area contributed by atoms with Crippen molar-refractivity contribution in [3.63, 3.8) is 0 Å². The molecule has 0 aromatic heterocycles. The van der Waals surface area contributed by atoms with Gasteiger partial charge in [-0.2, -0.15) is 14.2 Å². The second kappa shape index (κ2) is 10.1. The Bertz CT molecular complexity index is 81.0. The Balaban J connectivity index is -0.0000000910. The Hall–Kier alpha value is 1.11. The third-order valence-electron chi connectivity index (χ3n) is 0.354. The van der Waals surface area contributed by atoms with E-state index < -0.39 is 7.82 Å². The van der Waals surface area contributed by atoms with Crippen LogP contribution < -0.4 is 44.2 Å². The molecule has 0 aliphatic carbocycles. The van der Waals surface area contributed by atoms with Crippen molar-refractivity contribution in [3.05, 3.63) is 6.92 Å². The molecule has 0 N–H and O–H groups in total. The van der Waals surface area contributed by atoms with E-state index in [4.69, 9.17) is 19.2 Å². The Labute approximate surface area is 83.2 Å². The van der Waals surface area contributed by atoms with Gasteiger partial charge in [0.15, 0.2) is 0 Å². The minimum Gasteiger partial charge on any atom is -0.822 e. The molecule has 0 aliphatic heterocycles. The maximum Gasteiger partial charge on any atom is 1.00 e. The van der Waals surface area contributed by atoms with Gasteiger partial charge in [0.1, 0.15) is 0 Å². The average molecular weight is 175 g/mol. The Morgan fingerprint density at radius 1 is 1.40 bits per heavy atom. The molecule has 0 bridgehead atoms. The molecular formula is C4H9NaO4P-3. The monoisotopic (exact) mass is 175 g/mol. The van der Waals surface area contributed by atoms with Crippen molar-refractivity contribution < 1.29 is 48.8 Å². The largest absolute Gasteiger partial charge is 1.00 e. The van der Waals surface area contributed by atoms with E-state index in [0.29, 0.717) is 0 Å². The fraction of sp³-hybridized carbons (Fsp3) is 0.750. The summed E-state index contributed by atoms with van der Waals surface area (Å²) in [7, 11) is -5.39. The molecule has 0 saturated heterocycles. The van der Waals surface area contributed by atoms with Crippen LogP contribution in [0.5, 0.6) is 0 Å². The molecule has 0 heterocycles. The zero-order valence-corrected chi connectivity index (χ0v) is 9.10. The molecule has 0 amide bonds. The van der Waals surface area contributed by atoms with E-state index in [1.54, 1.807) is 0 Å². The van der Waals surface area contributed by atoms with Crippen molar-refractivity contribution in [2.75, 3.05) is 0 Å². The van der Waals surface area contributed by atoms with Crippen LogP contribution in [0.2, 0.25) is 0 Å². The molecule has 0 rings (SSSR count). The summed E-state index contributed by atoms with van der Waals surface area (Å²) in [5.41, 5.74) is 0. The zero-order valence-electron chi connectivity index (χ0n) is 6.20. The molecule has 0 saturated carbocycles. The summed E-state index contributed by atoms with van der Waals surface area (Å²) in [6, 6.07) is 0. The third-order valence-corrected chi connectivity index (χ3v) is 0.354. The van der Waals surface area contributed by atoms with E-state index in [-0.39, 0.29) is 29.6 Å². The molecule has 0 fully saturated rings. The molecule has 58 valence electrons. The summed E-state index contributed by atoms with van der Waals surface area (Å²) in [4.78, 5) is 25.6. The van der Waals surface area contributed by atoms with Crippen LogP contribution in [-0.4, -0.2) is 0 Å². The number of phosphoric acid groups is 1. The van der Waals surface area contributed by atoms with Crippen molar-refractivity contribution in [3.8, 4) is 0 Å². The first-order valence-corrected chi connectivity index (χ1v) is 3.90. The van der Waals surface area contributed by atoms with Crippen LogP contribution in [0.4, 0.5) is 0 Å². The van der Waals surface area contributed by atoms with Gasteiger partial charge in [-0.1, -0.05) is 13.3 Å². The number of hydrogen-bond acceptors (Lipinski definition) is 4. The van der Waals surface area contributed by atoms with Gasteiger partial charge in [0.05, 0.1) is 0 Å². The van der Waals surface area contributed by atoms with E-state index in [1.807, 2.05) is 0 Å². The minimum absolute atomic E-state index is 0. The van der Waals surface area contributed by atoms with Crippen molar-refractivity contribution in [1.29, 1.82) is 0 Å². The first kappa shape index (κ1) is 17.3. The topological polar surface area (TPSA) is 86.2 Å². The van der Waals surface area contributed by atoms with Gasteiger partial charge in [0.2, 0.25) is 0 Å². The number of unbranched alkanes of at least 4 members (excludes halogenated alkanes) is 1. The predicted octanol–water partition coefficient (Wildman–Crippen LogP) is -4.20. The first-order chi connectivity index (χ1) is 3.91. The normalized spacial score (nSPS) is 8.90. The molecule has 10 heavy (non-hydrogen) atoms. The summed E-state index contributed by atoms with van der Waals surface area (Å²) in [6.07, 6.45) is 2.28. The second-order valence-corrected chi connectivity index (χ2v) is 2.20. The Kier molecular flexibility index (Phi) is 17.5. The van der Waals surface area contributed by atoms with E-state index in [2.05, 4.69) is 13.8 Å². The summed E-state index contributed by atoms with van der Waals surface area (Å²) in [6.45, 7) is 5.72. The van der Waals surface area contributed by atoms with Crippen molar-refractivity contribution >= 4 is 7.82 Å². The van der Waals surface area contributed by atoms with Crippen molar-refractivity contribution in [2.24, 2.45) is 0 Å². The van der Waals surface area contributed by atoms with Gasteiger partial charge >= 0.3 is 29.6 Å². The molecule has 0 aliphatic rings. The minimum atomic E-state index is -5.39. The first-order valence-electron chi connectivity index (χ1n) is 2.44. The van der Waals surface area contributed by atoms with E-state index in [1.165, 1.54) is 6.42 Å². The van der Waals surface area contributed by atoms with Crippen LogP contribution in [0.3, 0.4) is 0 Å². The molecule has 0 unspecified atom stereocenters. The van der Waals surface area contributed by atoms with Gasteiger partial charge in [-0.3, -0.25) is 0 Å². The van der Waals surface area contributed by atoms with Crippen LogP contribution >= 0.6 is 7.82 Å². The molecule has 0 radical (unpaired) electrons. The number of rotatable bonds is 1. The van der Waals surface area contributed by atoms with Crippen LogP contribution in [0.15, 0.2) is 0 Å². The van der Waals surface area contributed by atoms with Gasteiger partial charge in [0.25, 0.3) is 0 Å². The summed E-state index contributed by atoms with van der Waals surface area (Å²) >= 11 is 0. The van der Waals surface area contributed by atoms with Crippen molar-refractivity contribution in [2.45, 2.75) is 19.8 Å². The number of hydrogen-bond donors (Lipinski definition) is 0. The van der Waals surface area contributed by atoms with Gasteiger partial charge in [0, 0.05) is 0 Å². The Morgan fingerprint density at radius 3 is 1.50 bits per heavy atom. The van der Waals surface area contributed by atoms with Crippen LogP contribution in [-0.2, 0) is 4.57 Å². The molecule has 0 spiro atoms. The van der Waals surface area contributed by atoms with Gasteiger partial charge in [-0.15, -0.1) is 0 Å². The Morgan fingerprint density at radius 2 is 1.50 bits per heavy atom. The van der Waals surface area contributed by atoms with E-state index >= 15 is 0 Å². The summed E-state index contributed by atoms with van der Waals surface area (Å²) < 4.78 is 8.55. The van der Waals surface area contributed by atoms with Gasteiger partial charge in [-0.25, -0.2) is 0 Å². The van der Waals surface area contributed by atoms with Crippen LogP contribution in [0.1, 0.15) is 19.8 Å². The molecule has 6 heteroatoms. The predicted molar refractivity (Wildman–Crippen MR) is 27.9 cm³/mol. The maximum absolute atomic E-state index is 8.55. The maximum atomic E-state index is 8.55. The smallest absolute Gasteiger partial charge is 0.822 e. The molecule has 0 aromatic carbocycles. The third kappa shape index (κ3) is 135. The van der Waals surface area contributed by atoms with E-state index in [0.717, 1.165) is 6.42 Å². The fourth-order valence-corrected chi connectivity index (χ4v) is 0. The standard InChI is InChI=1S/C4H9.Na.H3O4P/c1-3-4-2;;1-5(2,3)4/h1,3-4H2,2H3;;(H3,1,2,3,4)/q-1;+1;/p-3.